The van der Waals surface area contributed by atoms with Crippen molar-refractivity contribution in [1.82, 2.24) is 0 Å². The molecule has 0 aliphatic carbocycles. The average Bonchev–Trinajstić information content (AvgIpc) is 2.08. The second-order valence-corrected chi connectivity index (χ2v) is 3.16. The van der Waals surface area contributed by atoms with Crippen molar-refractivity contribution in [2.45, 2.75) is 59.9 Å². The van der Waals surface area contributed by atoms with Gasteiger partial charge in [0.1, 0.15) is 5.78 Å². The third-order valence-electron chi connectivity index (χ3n) is 1.96. The number of Topliss-reactive ketones (excluding diaryl/α,β-unsaturated/α-hetero) is 1. The molecule has 0 saturated carbocycles. The van der Waals surface area contributed by atoms with Gasteiger partial charge in [0, 0.05) is 18.4 Å². The summed E-state index contributed by atoms with van der Waals surface area (Å²) >= 11 is 0. The van der Waals surface area contributed by atoms with Crippen LogP contribution in [-0.4, -0.2) is 11.8 Å². The number of ketones is 1. The molecule has 2 nitrogen and oxygen atoms in total. The first-order valence-corrected chi connectivity index (χ1v) is 5.40. The number of hydrogen-bond donors (Lipinski definition) is 1. The van der Waals surface area contributed by atoms with E-state index < -0.39 is 0 Å². The zero-order valence-electron chi connectivity index (χ0n) is 9.76. The Bertz CT molecular complexity index is 117. The molecule has 0 aliphatic rings. The Morgan fingerprint density at radius 1 is 1.23 bits per heavy atom. The van der Waals surface area contributed by atoms with Gasteiger partial charge in [-0.25, -0.2) is 0 Å². The largest absolute Gasteiger partial charge is 0.328 e. The van der Waals surface area contributed by atoms with E-state index in [1.54, 1.807) is 0 Å². The molecule has 1 unspecified atom stereocenters. The lowest BCUT2D eigenvalue weighted by Crippen LogP contribution is -2.24. The van der Waals surface area contributed by atoms with Crippen molar-refractivity contribution < 1.29 is 4.79 Å². The van der Waals surface area contributed by atoms with E-state index in [2.05, 4.69) is 0 Å². The maximum absolute atomic E-state index is 11.3. The zero-order chi connectivity index (χ0) is 10.9. The van der Waals surface area contributed by atoms with E-state index in [4.69, 9.17) is 5.73 Å². The fourth-order valence-electron chi connectivity index (χ4n) is 1.23. The molecule has 13 heavy (non-hydrogen) atoms. The highest BCUT2D eigenvalue weighted by Crippen LogP contribution is 2.11. The van der Waals surface area contributed by atoms with E-state index in [0.29, 0.717) is 12.2 Å². The average molecular weight is 187 g/mol. The van der Waals surface area contributed by atoms with Gasteiger partial charge in [-0.15, -0.1) is 0 Å². The van der Waals surface area contributed by atoms with Crippen LogP contribution in [0, 0.1) is 5.92 Å². The van der Waals surface area contributed by atoms with Crippen molar-refractivity contribution in [3.8, 4) is 0 Å². The standard InChI is InChI=1S/C9H19NO.C2H6/c1-4-8(5-2)9(11)6-7(3)10;1-2/h7-8H,4-6,10H2,1-3H3;1-2H3. The summed E-state index contributed by atoms with van der Waals surface area (Å²) in [6.45, 7) is 9.97. The lowest BCUT2D eigenvalue weighted by molar-refractivity contribution is -0.123. The Labute approximate surface area is 82.9 Å². The Balaban J connectivity index is 0. The molecule has 0 aromatic carbocycles. The molecule has 0 bridgehead atoms. The molecule has 0 heterocycles. The van der Waals surface area contributed by atoms with E-state index in [1.165, 1.54) is 0 Å². The summed E-state index contributed by atoms with van der Waals surface area (Å²) in [5.74, 6) is 0.561. The number of hydrogen-bond acceptors (Lipinski definition) is 2. The van der Waals surface area contributed by atoms with E-state index in [-0.39, 0.29) is 12.0 Å². The zero-order valence-corrected chi connectivity index (χ0v) is 9.76. The van der Waals surface area contributed by atoms with Crippen molar-refractivity contribution in [2.24, 2.45) is 11.7 Å². The Morgan fingerprint density at radius 2 is 1.62 bits per heavy atom. The lowest BCUT2D eigenvalue weighted by atomic mass is 9.94. The summed E-state index contributed by atoms with van der Waals surface area (Å²) in [6.07, 6.45) is 2.43. The molecule has 0 spiro atoms. The predicted octanol–water partition coefficient (Wildman–Crippen LogP) is 2.76. The Hall–Kier alpha value is -0.370. The minimum absolute atomic E-state index is 0.0168. The van der Waals surface area contributed by atoms with Crippen LogP contribution in [0.3, 0.4) is 0 Å². The van der Waals surface area contributed by atoms with Crippen LogP contribution in [0.25, 0.3) is 0 Å². The molecular weight excluding hydrogens is 162 g/mol. The van der Waals surface area contributed by atoms with Crippen molar-refractivity contribution in [1.29, 1.82) is 0 Å². The van der Waals surface area contributed by atoms with Gasteiger partial charge < -0.3 is 5.73 Å². The van der Waals surface area contributed by atoms with Crippen molar-refractivity contribution >= 4 is 5.78 Å². The molecule has 0 amide bonds. The van der Waals surface area contributed by atoms with Crippen LogP contribution in [0.5, 0.6) is 0 Å². The summed E-state index contributed by atoms with van der Waals surface area (Å²) in [5, 5.41) is 0. The SMILES string of the molecule is CC.CCC(CC)C(=O)CC(C)N. The first-order chi connectivity index (χ1) is 6.11. The summed E-state index contributed by atoms with van der Waals surface area (Å²) < 4.78 is 0. The minimum Gasteiger partial charge on any atom is -0.328 e. The number of carbonyl (C=O) groups excluding carboxylic acids is 1. The Kier molecular flexibility index (Phi) is 11.3. The van der Waals surface area contributed by atoms with Crippen molar-refractivity contribution in [3.05, 3.63) is 0 Å². The molecule has 0 aromatic heterocycles. The smallest absolute Gasteiger partial charge is 0.137 e. The summed E-state index contributed by atoms with van der Waals surface area (Å²) in [4.78, 5) is 11.3. The molecule has 0 rings (SSSR count). The van der Waals surface area contributed by atoms with Crippen LogP contribution in [0.4, 0.5) is 0 Å². The van der Waals surface area contributed by atoms with E-state index in [1.807, 2.05) is 34.6 Å². The van der Waals surface area contributed by atoms with Crippen LogP contribution in [-0.2, 0) is 4.79 Å². The van der Waals surface area contributed by atoms with Crippen LogP contribution >= 0.6 is 0 Å². The maximum Gasteiger partial charge on any atom is 0.137 e. The fourth-order valence-corrected chi connectivity index (χ4v) is 1.23. The van der Waals surface area contributed by atoms with Gasteiger partial charge in [-0.3, -0.25) is 4.79 Å². The second-order valence-electron chi connectivity index (χ2n) is 3.16. The van der Waals surface area contributed by atoms with Gasteiger partial charge in [-0.1, -0.05) is 27.7 Å². The highest BCUT2D eigenvalue weighted by atomic mass is 16.1. The third-order valence-corrected chi connectivity index (χ3v) is 1.96. The summed E-state index contributed by atoms with van der Waals surface area (Å²) in [7, 11) is 0. The van der Waals surface area contributed by atoms with E-state index in [9.17, 15) is 4.79 Å². The summed E-state index contributed by atoms with van der Waals surface area (Å²) in [5.41, 5.74) is 5.52. The van der Waals surface area contributed by atoms with Crippen molar-refractivity contribution in [2.75, 3.05) is 0 Å². The molecule has 2 heteroatoms. The van der Waals surface area contributed by atoms with E-state index >= 15 is 0 Å². The Morgan fingerprint density at radius 3 is 1.85 bits per heavy atom. The van der Waals surface area contributed by atoms with Crippen LogP contribution in [0.15, 0.2) is 0 Å². The molecular formula is C11H25NO. The molecule has 2 N–H and O–H groups in total. The normalized spacial score (nSPS) is 11.9. The maximum atomic E-state index is 11.3. The quantitative estimate of drug-likeness (QED) is 0.719. The third kappa shape index (κ3) is 7.97. The van der Waals surface area contributed by atoms with Crippen LogP contribution in [0.1, 0.15) is 53.9 Å². The molecule has 0 fully saturated rings. The molecule has 0 aromatic rings. The molecule has 0 aliphatic heterocycles. The minimum atomic E-state index is 0.0168. The van der Waals surface area contributed by atoms with Crippen LogP contribution in [0.2, 0.25) is 0 Å². The fraction of sp³-hybridized carbons (Fsp3) is 0.909. The van der Waals surface area contributed by atoms with Gasteiger partial charge in [0.05, 0.1) is 0 Å². The topological polar surface area (TPSA) is 43.1 Å². The highest BCUT2D eigenvalue weighted by molar-refractivity contribution is 5.81. The molecule has 80 valence electrons. The van der Waals surface area contributed by atoms with E-state index in [0.717, 1.165) is 12.8 Å². The van der Waals surface area contributed by atoms with Crippen LogP contribution < -0.4 is 5.73 Å². The van der Waals surface area contributed by atoms with Gasteiger partial charge in [-0.05, 0) is 19.8 Å². The second kappa shape index (κ2) is 9.72. The predicted molar refractivity (Wildman–Crippen MR) is 58.7 cm³/mol. The number of carbonyl (C=O) groups is 1. The highest BCUT2D eigenvalue weighted by Gasteiger charge is 2.14. The van der Waals surface area contributed by atoms with Gasteiger partial charge >= 0.3 is 0 Å². The van der Waals surface area contributed by atoms with Gasteiger partial charge in [-0.2, -0.15) is 0 Å². The lowest BCUT2D eigenvalue weighted by Gasteiger charge is -2.11. The first-order valence-electron chi connectivity index (χ1n) is 5.40. The summed E-state index contributed by atoms with van der Waals surface area (Å²) in [6, 6.07) is 0.0168. The monoisotopic (exact) mass is 187 g/mol. The molecule has 1 atom stereocenters. The number of rotatable bonds is 5. The van der Waals surface area contributed by atoms with Gasteiger partial charge in [0.25, 0.3) is 0 Å². The van der Waals surface area contributed by atoms with Gasteiger partial charge in [0.2, 0.25) is 0 Å². The first kappa shape index (κ1) is 15.1. The number of nitrogens with two attached hydrogens (primary N) is 1. The molecule has 0 saturated heterocycles. The molecule has 0 radical (unpaired) electrons. The van der Waals surface area contributed by atoms with Gasteiger partial charge in [0.15, 0.2) is 0 Å². The van der Waals surface area contributed by atoms with Crippen molar-refractivity contribution in [3.63, 3.8) is 0 Å².